The molecule has 0 saturated carbocycles. The molecule has 7 N–H and O–H groups in total. The first-order valence-electron chi connectivity index (χ1n) is 4.86. The number of aliphatic hydroxyl groups is 1. The van der Waals surface area contributed by atoms with Gasteiger partial charge in [0.05, 0.1) is 23.4 Å². The fourth-order valence-electron chi connectivity index (χ4n) is 1.39. The molecule has 1 amide bonds. The van der Waals surface area contributed by atoms with Crippen molar-refractivity contribution in [3.63, 3.8) is 0 Å². The van der Waals surface area contributed by atoms with Gasteiger partial charge in [-0.3, -0.25) is 4.79 Å². The number of hydrogen-bond donors (Lipinski definition) is 5. The second kappa shape index (κ2) is 5.66. The van der Waals surface area contributed by atoms with Gasteiger partial charge in [0.25, 0.3) is 0 Å². The van der Waals surface area contributed by atoms with E-state index in [1.54, 1.807) is 11.8 Å². The Balaban J connectivity index is 2.38. The summed E-state index contributed by atoms with van der Waals surface area (Å²) in [7, 11) is 0. The van der Waals surface area contributed by atoms with Crippen molar-refractivity contribution in [1.29, 1.82) is 0 Å². The van der Waals surface area contributed by atoms with Gasteiger partial charge >= 0.3 is 0 Å². The Hall–Kier alpha value is -0.340. The molecular formula is C8H18N4O2S. The van der Waals surface area contributed by atoms with Gasteiger partial charge in [-0.2, -0.15) is 0 Å². The van der Waals surface area contributed by atoms with Crippen molar-refractivity contribution in [3.8, 4) is 0 Å². The molecule has 88 valence electrons. The molecule has 0 spiro atoms. The maximum Gasteiger partial charge on any atom is 0.217 e. The monoisotopic (exact) mass is 234 g/mol. The Morgan fingerprint density at radius 2 is 2.13 bits per heavy atom. The van der Waals surface area contributed by atoms with E-state index in [4.69, 9.17) is 16.6 Å². The third kappa shape index (κ3) is 3.62. The fraction of sp³-hybridized carbons (Fsp3) is 0.875. The third-order valence-electron chi connectivity index (χ3n) is 2.30. The van der Waals surface area contributed by atoms with Crippen molar-refractivity contribution in [3.05, 3.63) is 0 Å². The molecule has 2 unspecified atom stereocenters. The molecule has 0 radical (unpaired) electrons. The van der Waals surface area contributed by atoms with Crippen LogP contribution in [0.25, 0.3) is 0 Å². The van der Waals surface area contributed by atoms with Crippen molar-refractivity contribution >= 4 is 17.7 Å². The van der Waals surface area contributed by atoms with Gasteiger partial charge < -0.3 is 16.6 Å². The third-order valence-corrected chi connectivity index (χ3v) is 3.94. The van der Waals surface area contributed by atoms with Crippen molar-refractivity contribution < 1.29 is 9.90 Å². The molecule has 0 aromatic carbocycles. The van der Waals surface area contributed by atoms with Gasteiger partial charge in [-0.05, 0) is 5.92 Å². The van der Waals surface area contributed by atoms with E-state index in [1.807, 2.05) is 6.92 Å². The van der Waals surface area contributed by atoms with E-state index in [9.17, 15) is 4.79 Å². The molecule has 1 fully saturated rings. The fourth-order valence-corrected chi connectivity index (χ4v) is 2.64. The summed E-state index contributed by atoms with van der Waals surface area (Å²) in [6, 6.07) is -0.312. The van der Waals surface area contributed by atoms with Crippen LogP contribution >= 0.6 is 11.8 Å². The van der Waals surface area contributed by atoms with Gasteiger partial charge in [0, 0.05) is 6.42 Å². The Kier molecular flexibility index (Phi) is 4.81. The number of hydrogen-bond acceptors (Lipinski definition) is 6. The number of carbonyl (C=O) groups is 1. The maximum atomic E-state index is 10.7. The highest BCUT2D eigenvalue weighted by atomic mass is 32.2. The van der Waals surface area contributed by atoms with Crippen LogP contribution in [0, 0.1) is 5.92 Å². The second-order valence-corrected chi connectivity index (χ2v) is 5.05. The van der Waals surface area contributed by atoms with Crippen LogP contribution in [0.2, 0.25) is 0 Å². The zero-order chi connectivity index (χ0) is 11.4. The van der Waals surface area contributed by atoms with Crippen molar-refractivity contribution in [2.24, 2.45) is 17.4 Å². The molecule has 0 aromatic rings. The first-order valence-corrected chi connectivity index (χ1v) is 5.80. The lowest BCUT2D eigenvalue weighted by Gasteiger charge is -2.17. The number of nitrogens with one attached hydrogen (secondary N) is 2. The van der Waals surface area contributed by atoms with E-state index >= 15 is 0 Å². The quantitative estimate of drug-likeness (QED) is 0.388. The van der Waals surface area contributed by atoms with Crippen molar-refractivity contribution in [2.75, 3.05) is 6.61 Å². The van der Waals surface area contributed by atoms with Crippen molar-refractivity contribution in [1.82, 2.24) is 10.9 Å². The molecule has 0 bridgehead atoms. The van der Waals surface area contributed by atoms with Gasteiger partial charge in [0.2, 0.25) is 5.91 Å². The smallest absolute Gasteiger partial charge is 0.217 e. The summed E-state index contributed by atoms with van der Waals surface area (Å²) in [6.07, 6.45) is 0.341. The van der Waals surface area contributed by atoms with Gasteiger partial charge in [-0.15, -0.1) is 11.8 Å². The molecule has 7 heteroatoms. The molecule has 15 heavy (non-hydrogen) atoms. The SMILES string of the molecule is C[C@@H](CC(N)=O)C1NNC([C@@H](N)CO)S1. The average Bonchev–Trinajstić information content (AvgIpc) is 2.64. The number of rotatable bonds is 5. The number of amides is 1. The van der Waals surface area contributed by atoms with E-state index in [1.165, 1.54) is 0 Å². The van der Waals surface area contributed by atoms with Crippen molar-refractivity contribution in [2.45, 2.75) is 30.1 Å². The molecule has 1 aliphatic heterocycles. The lowest BCUT2D eigenvalue weighted by Crippen LogP contribution is -2.45. The number of hydrazine groups is 1. The number of nitrogens with two attached hydrogens (primary N) is 2. The largest absolute Gasteiger partial charge is 0.395 e. The molecule has 1 rings (SSSR count). The van der Waals surface area contributed by atoms with Gasteiger partial charge in [-0.25, -0.2) is 10.9 Å². The predicted octanol–water partition coefficient (Wildman–Crippen LogP) is -1.69. The Labute approximate surface area is 93.1 Å². The standard InChI is InChI=1S/C8H18N4O2S/c1-4(2-6(10)14)7-11-12-8(15-7)5(9)3-13/h4-5,7-8,11-13H,2-3,9H2,1H3,(H2,10,14)/t4-,5-,7?,8?/m0/s1. The second-order valence-electron chi connectivity index (χ2n) is 3.76. The number of aliphatic hydroxyl groups excluding tert-OH is 1. The van der Waals surface area contributed by atoms with E-state index in [0.29, 0.717) is 6.42 Å². The summed E-state index contributed by atoms with van der Waals surface area (Å²) in [6.45, 7) is 1.88. The summed E-state index contributed by atoms with van der Waals surface area (Å²) in [5.74, 6) is -0.171. The minimum atomic E-state index is -0.312. The number of primary amides is 1. The zero-order valence-electron chi connectivity index (χ0n) is 8.64. The van der Waals surface area contributed by atoms with Gasteiger partial charge in [0.1, 0.15) is 0 Å². The lowest BCUT2D eigenvalue weighted by atomic mass is 10.1. The van der Waals surface area contributed by atoms with E-state index in [-0.39, 0.29) is 35.2 Å². The Bertz CT molecular complexity index is 229. The van der Waals surface area contributed by atoms with Gasteiger partial charge in [0.15, 0.2) is 0 Å². The lowest BCUT2D eigenvalue weighted by molar-refractivity contribution is -0.118. The molecule has 1 saturated heterocycles. The molecular weight excluding hydrogens is 216 g/mol. The minimum absolute atomic E-state index is 0.0321. The van der Waals surface area contributed by atoms with Crippen LogP contribution in [0.3, 0.4) is 0 Å². The summed E-state index contributed by atoms with van der Waals surface area (Å²) in [5.41, 5.74) is 16.8. The summed E-state index contributed by atoms with van der Waals surface area (Å²) in [5, 5.41) is 8.95. The van der Waals surface area contributed by atoms with E-state index < -0.39 is 0 Å². The average molecular weight is 234 g/mol. The summed E-state index contributed by atoms with van der Waals surface area (Å²) >= 11 is 1.58. The highest BCUT2D eigenvalue weighted by Crippen LogP contribution is 2.27. The summed E-state index contributed by atoms with van der Waals surface area (Å²) < 4.78 is 0. The molecule has 6 nitrogen and oxygen atoms in total. The first kappa shape index (κ1) is 12.7. The molecule has 0 aromatic heterocycles. The normalized spacial score (nSPS) is 30.1. The van der Waals surface area contributed by atoms with Gasteiger partial charge in [-0.1, -0.05) is 6.92 Å². The number of thioether (sulfide) groups is 1. The molecule has 1 aliphatic rings. The summed E-state index contributed by atoms with van der Waals surface area (Å²) in [4.78, 5) is 10.7. The van der Waals surface area contributed by atoms with Crippen LogP contribution in [-0.4, -0.2) is 34.4 Å². The van der Waals surface area contributed by atoms with E-state index in [0.717, 1.165) is 0 Å². The minimum Gasteiger partial charge on any atom is -0.395 e. The highest BCUT2D eigenvalue weighted by molar-refractivity contribution is 8.00. The van der Waals surface area contributed by atoms with Crippen LogP contribution < -0.4 is 22.3 Å². The highest BCUT2D eigenvalue weighted by Gasteiger charge is 2.32. The Morgan fingerprint density at radius 1 is 1.53 bits per heavy atom. The van der Waals surface area contributed by atoms with Crippen LogP contribution in [-0.2, 0) is 4.79 Å². The molecule has 0 aliphatic carbocycles. The van der Waals surface area contributed by atoms with Crippen LogP contribution in [0.4, 0.5) is 0 Å². The topological polar surface area (TPSA) is 113 Å². The molecule has 1 heterocycles. The maximum absolute atomic E-state index is 10.7. The van der Waals surface area contributed by atoms with Crippen LogP contribution in [0.5, 0.6) is 0 Å². The van der Waals surface area contributed by atoms with Crippen LogP contribution in [0.1, 0.15) is 13.3 Å². The molecule has 4 atom stereocenters. The Morgan fingerprint density at radius 3 is 2.67 bits per heavy atom. The number of carbonyl (C=O) groups excluding carboxylic acids is 1. The first-order chi connectivity index (χ1) is 7.04. The predicted molar refractivity (Wildman–Crippen MR) is 59.5 cm³/mol. The van der Waals surface area contributed by atoms with E-state index in [2.05, 4.69) is 10.9 Å². The zero-order valence-corrected chi connectivity index (χ0v) is 9.46. The van der Waals surface area contributed by atoms with Crippen LogP contribution in [0.15, 0.2) is 0 Å².